The van der Waals surface area contributed by atoms with E-state index < -0.39 is 10.0 Å². The summed E-state index contributed by atoms with van der Waals surface area (Å²) in [5, 5.41) is 3.44. The number of benzene rings is 3. The van der Waals surface area contributed by atoms with Crippen LogP contribution in [0.25, 0.3) is 0 Å². The lowest BCUT2D eigenvalue weighted by Gasteiger charge is -2.23. The van der Waals surface area contributed by atoms with E-state index in [0.717, 1.165) is 58.7 Å². The molecule has 6 nitrogen and oxygen atoms in total. The Morgan fingerprint density at radius 1 is 0.761 bits per heavy atom. The highest BCUT2D eigenvalue weighted by molar-refractivity contribution is 7.92. The number of likely N-dealkylation sites (N-methyl/N-ethyl adjacent to an activating group) is 1. The minimum atomic E-state index is -3.83. The van der Waals surface area contributed by atoms with Crippen LogP contribution in [0.5, 0.6) is 0 Å². The standard InChI is InChI=1S/C39H57N3O3S/c1-10-12-13-14-15-16-35(43)26-42(11-2)34-20-17-32(18-21-34)40-33-19-22-38(30(9)23-33)41-46(44,45)39-36(28(5)6)24-31(27(3)4)25-37(39)29(7)8/h17-25,27-29,40-41H,10-16,26H2,1-9H3. The first-order valence-electron chi connectivity index (χ1n) is 17.2. The highest BCUT2D eigenvalue weighted by atomic mass is 32.2. The minimum absolute atomic E-state index is 0.0621. The Kier molecular flexibility index (Phi) is 13.7. The first-order chi connectivity index (χ1) is 21.8. The number of nitrogens with one attached hydrogen (secondary N) is 2. The molecule has 0 spiro atoms. The molecule has 0 unspecified atom stereocenters. The summed E-state index contributed by atoms with van der Waals surface area (Å²) < 4.78 is 30.9. The zero-order valence-electron chi connectivity index (χ0n) is 29.7. The lowest BCUT2D eigenvalue weighted by molar-refractivity contribution is -0.117. The molecule has 0 aliphatic heterocycles. The number of nitrogens with zero attached hydrogens (tertiary/aromatic N) is 1. The molecule has 0 saturated carbocycles. The molecule has 3 aromatic rings. The number of sulfonamides is 1. The molecule has 46 heavy (non-hydrogen) atoms. The minimum Gasteiger partial charge on any atom is -0.364 e. The second-order valence-electron chi connectivity index (χ2n) is 13.5. The maximum Gasteiger partial charge on any atom is 0.262 e. The van der Waals surface area contributed by atoms with Crippen LogP contribution in [0.4, 0.5) is 22.7 Å². The average Bonchev–Trinajstić information content (AvgIpc) is 3.00. The number of hydrogen-bond acceptors (Lipinski definition) is 5. The van der Waals surface area contributed by atoms with Gasteiger partial charge in [0.1, 0.15) is 0 Å². The van der Waals surface area contributed by atoms with Gasteiger partial charge in [0.25, 0.3) is 10.0 Å². The Morgan fingerprint density at radius 2 is 1.35 bits per heavy atom. The highest BCUT2D eigenvalue weighted by Crippen LogP contribution is 2.36. The fraction of sp³-hybridized carbons (Fsp3) is 0.513. The second kappa shape index (κ2) is 17.0. The van der Waals surface area contributed by atoms with Crippen molar-refractivity contribution in [3.63, 3.8) is 0 Å². The number of ketones is 1. The van der Waals surface area contributed by atoms with E-state index in [1.165, 1.54) is 19.3 Å². The molecule has 0 fully saturated rings. The van der Waals surface area contributed by atoms with Gasteiger partial charge < -0.3 is 10.2 Å². The quantitative estimate of drug-likeness (QED) is 0.134. The van der Waals surface area contributed by atoms with E-state index in [0.29, 0.717) is 35.2 Å². The number of aryl methyl sites for hydroxylation is 1. The van der Waals surface area contributed by atoms with Crippen molar-refractivity contribution >= 4 is 38.6 Å². The molecule has 252 valence electrons. The van der Waals surface area contributed by atoms with Crippen LogP contribution in [0.15, 0.2) is 59.5 Å². The van der Waals surface area contributed by atoms with E-state index in [1.54, 1.807) is 0 Å². The molecule has 0 aliphatic rings. The summed E-state index contributed by atoms with van der Waals surface area (Å²) >= 11 is 0. The number of Topliss-reactive ketones (excluding diaryl/α,β-unsaturated/α-hetero) is 1. The van der Waals surface area contributed by atoms with Gasteiger partial charge in [-0.05, 0) is 103 Å². The predicted octanol–water partition coefficient (Wildman–Crippen LogP) is 10.7. The molecule has 7 heteroatoms. The van der Waals surface area contributed by atoms with Crippen LogP contribution in [-0.4, -0.2) is 27.3 Å². The largest absolute Gasteiger partial charge is 0.364 e. The molecule has 0 aromatic heterocycles. The van der Waals surface area contributed by atoms with E-state index in [1.807, 2.05) is 49.4 Å². The normalized spacial score (nSPS) is 11.8. The summed E-state index contributed by atoms with van der Waals surface area (Å²) in [6.07, 6.45) is 6.41. The first-order valence-corrected chi connectivity index (χ1v) is 18.7. The average molecular weight is 648 g/mol. The van der Waals surface area contributed by atoms with E-state index in [2.05, 4.69) is 82.5 Å². The molecular formula is C39H57N3O3S. The summed E-state index contributed by atoms with van der Waals surface area (Å²) in [6.45, 7) is 19.9. The maximum atomic E-state index is 14.0. The third-order valence-electron chi connectivity index (χ3n) is 8.65. The Labute approximate surface area is 279 Å². The van der Waals surface area contributed by atoms with Gasteiger partial charge in [-0.3, -0.25) is 9.52 Å². The summed E-state index contributed by atoms with van der Waals surface area (Å²) in [6, 6.07) is 17.9. The van der Waals surface area contributed by atoms with Crippen LogP contribution in [0.3, 0.4) is 0 Å². The van der Waals surface area contributed by atoms with E-state index in [9.17, 15) is 13.2 Å². The number of rotatable bonds is 18. The van der Waals surface area contributed by atoms with E-state index in [-0.39, 0.29) is 11.8 Å². The van der Waals surface area contributed by atoms with Crippen molar-refractivity contribution in [3.8, 4) is 0 Å². The van der Waals surface area contributed by atoms with Gasteiger partial charge in [0.15, 0.2) is 5.78 Å². The van der Waals surface area contributed by atoms with Gasteiger partial charge in [-0.1, -0.05) is 86.3 Å². The number of carbonyl (C=O) groups excluding carboxylic acids is 1. The molecule has 2 N–H and O–H groups in total. The molecule has 0 radical (unpaired) electrons. The smallest absolute Gasteiger partial charge is 0.262 e. The van der Waals surface area contributed by atoms with Crippen LogP contribution in [-0.2, 0) is 14.8 Å². The molecule has 0 aliphatic carbocycles. The molecule has 0 atom stereocenters. The number of unbranched alkanes of at least 4 members (excludes halogenated alkanes) is 4. The van der Waals surface area contributed by atoms with Crippen molar-refractivity contribution in [2.75, 3.05) is 28.0 Å². The predicted molar refractivity (Wildman–Crippen MR) is 197 cm³/mol. The summed E-state index contributed by atoms with van der Waals surface area (Å²) in [5.74, 6) is 0.724. The van der Waals surface area contributed by atoms with Gasteiger partial charge in [-0.25, -0.2) is 8.42 Å². The first kappa shape index (κ1) is 37.1. The number of anilines is 4. The zero-order valence-corrected chi connectivity index (χ0v) is 30.5. The Hall–Kier alpha value is -3.32. The van der Waals surface area contributed by atoms with Gasteiger partial charge in [0.05, 0.1) is 17.1 Å². The fourth-order valence-corrected chi connectivity index (χ4v) is 7.61. The molecule has 0 heterocycles. The lowest BCUT2D eigenvalue weighted by atomic mass is 9.89. The zero-order chi connectivity index (χ0) is 34.0. The van der Waals surface area contributed by atoms with Gasteiger partial charge in [-0.2, -0.15) is 0 Å². The van der Waals surface area contributed by atoms with Crippen LogP contribution in [0, 0.1) is 6.92 Å². The Morgan fingerprint density at radius 3 is 1.87 bits per heavy atom. The topological polar surface area (TPSA) is 78.5 Å². The van der Waals surface area contributed by atoms with Gasteiger partial charge >= 0.3 is 0 Å². The van der Waals surface area contributed by atoms with Crippen molar-refractivity contribution in [1.82, 2.24) is 0 Å². The molecule has 0 amide bonds. The van der Waals surface area contributed by atoms with Gasteiger partial charge in [-0.15, -0.1) is 0 Å². The Balaban J connectivity index is 1.73. The van der Waals surface area contributed by atoms with Crippen molar-refractivity contribution in [2.24, 2.45) is 0 Å². The molecule has 0 bridgehead atoms. The number of hydrogen-bond donors (Lipinski definition) is 2. The summed E-state index contributed by atoms with van der Waals surface area (Å²) in [5.41, 5.74) is 7.07. The van der Waals surface area contributed by atoms with Crippen LogP contribution in [0.1, 0.15) is 134 Å². The van der Waals surface area contributed by atoms with Crippen molar-refractivity contribution in [3.05, 3.63) is 76.9 Å². The van der Waals surface area contributed by atoms with Crippen molar-refractivity contribution in [2.45, 2.75) is 123 Å². The molecule has 3 rings (SSSR count). The third-order valence-corrected chi connectivity index (χ3v) is 10.1. The van der Waals surface area contributed by atoms with Crippen molar-refractivity contribution < 1.29 is 13.2 Å². The SMILES string of the molecule is CCCCCCCC(=O)CN(CC)c1ccc(Nc2ccc(NS(=O)(=O)c3c(C(C)C)cc(C(C)C)cc3C(C)C)c(C)c2)cc1. The monoisotopic (exact) mass is 647 g/mol. The summed E-state index contributed by atoms with van der Waals surface area (Å²) in [4.78, 5) is 15.1. The fourth-order valence-electron chi connectivity index (χ4n) is 5.78. The van der Waals surface area contributed by atoms with Crippen LogP contribution >= 0.6 is 0 Å². The highest BCUT2D eigenvalue weighted by Gasteiger charge is 2.27. The molecule has 0 saturated heterocycles. The Bertz CT molecular complexity index is 1510. The van der Waals surface area contributed by atoms with Gasteiger partial charge in [0, 0.05) is 30.0 Å². The second-order valence-corrected chi connectivity index (χ2v) is 15.1. The van der Waals surface area contributed by atoms with E-state index in [4.69, 9.17) is 0 Å². The van der Waals surface area contributed by atoms with Crippen LogP contribution in [0.2, 0.25) is 0 Å². The summed E-state index contributed by atoms with van der Waals surface area (Å²) in [7, 11) is -3.83. The number of carbonyl (C=O) groups is 1. The maximum absolute atomic E-state index is 14.0. The molecule has 3 aromatic carbocycles. The van der Waals surface area contributed by atoms with Crippen molar-refractivity contribution in [1.29, 1.82) is 0 Å². The lowest BCUT2D eigenvalue weighted by Crippen LogP contribution is -2.29. The molecular weight excluding hydrogens is 591 g/mol. The van der Waals surface area contributed by atoms with Crippen LogP contribution < -0.4 is 14.9 Å². The third kappa shape index (κ3) is 10.1. The van der Waals surface area contributed by atoms with Gasteiger partial charge in [0.2, 0.25) is 0 Å². The van der Waals surface area contributed by atoms with E-state index >= 15 is 0 Å².